The van der Waals surface area contributed by atoms with Crippen LogP contribution in [-0.4, -0.2) is 57.4 Å². The second-order valence-electron chi connectivity index (χ2n) is 10.1. The molecule has 1 atom stereocenters. The number of aromatic amines is 1. The van der Waals surface area contributed by atoms with Gasteiger partial charge in [0.25, 0.3) is 5.56 Å². The van der Waals surface area contributed by atoms with Crippen LogP contribution in [0.15, 0.2) is 21.9 Å². The van der Waals surface area contributed by atoms with Crippen molar-refractivity contribution in [1.82, 2.24) is 9.55 Å². The van der Waals surface area contributed by atoms with E-state index in [-0.39, 0.29) is 13.0 Å². The summed E-state index contributed by atoms with van der Waals surface area (Å²) in [5.41, 5.74) is -0.837. The van der Waals surface area contributed by atoms with Crippen LogP contribution in [-0.2, 0) is 15.8 Å². The predicted octanol–water partition coefficient (Wildman–Crippen LogP) is 5.06. The Kier molecular flexibility index (Phi) is 22.9. The maximum atomic E-state index is 11.0. The van der Waals surface area contributed by atoms with Crippen molar-refractivity contribution in [3.8, 4) is 0 Å². The lowest BCUT2D eigenvalue weighted by atomic mass is 10.0. The third-order valence-electron chi connectivity index (χ3n) is 6.60. The lowest BCUT2D eigenvalue weighted by Crippen LogP contribution is -2.28. The smallest absolute Gasteiger partial charge is 0.328 e. The van der Waals surface area contributed by atoms with Gasteiger partial charge in [-0.15, -0.1) is 0 Å². The SMILES string of the molecule is O=c1ccn(CCCO)c(=O)[nH]1.OCP(O)OCCCOCCCCCCCCCCCCCCC1CC1. The van der Waals surface area contributed by atoms with Gasteiger partial charge in [-0.3, -0.25) is 9.78 Å². The fourth-order valence-corrected chi connectivity index (χ4v) is 4.57. The molecule has 0 aliphatic heterocycles. The minimum absolute atomic E-state index is 0.0333. The molecule has 1 aliphatic rings. The van der Waals surface area contributed by atoms with Gasteiger partial charge in [0.1, 0.15) is 6.35 Å². The van der Waals surface area contributed by atoms with Crippen molar-refractivity contribution in [2.45, 2.75) is 116 Å². The Bertz CT molecular complexity index is 770. The van der Waals surface area contributed by atoms with Crippen LogP contribution in [0.1, 0.15) is 109 Å². The standard InChI is InChI=1S/C21H43O4P.C7H10N2O3/c22-20-26(23)25-19-13-18-24-17-12-10-8-6-4-2-1-3-5-7-9-11-14-21-15-16-21;10-5-1-3-9-4-2-6(11)8-7(9)12/h21-23H,1-20H2;2,4,10H,1,3,5H2,(H,8,11,12). The second kappa shape index (κ2) is 24.9. The highest BCUT2D eigenvalue weighted by Gasteiger charge is 2.19. The number of hydrogen-bond donors (Lipinski definition) is 4. The van der Waals surface area contributed by atoms with E-state index in [1.807, 2.05) is 0 Å². The van der Waals surface area contributed by atoms with Crippen LogP contribution in [0.3, 0.4) is 0 Å². The van der Waals surface area contributed by atoms with Gasteiger partial charge in [-0.05, 0) is 25.2 Å². The van der Waals surface area contributed by atoms with E-state index in [1.54, 1.807) is 0 Å². The zero-order valence-corrected chi connectivity index (χ0v) is 24.3. The van der Waals surface area contributed by atoms with Crippen LogP contribution < -0.4 is 11.2 Å². The predicted molar refractivity (Wildman–Crippen MR) is 153 cm³/mol. The van der Waals surface area contributed by atoms with Crippen molar-refractivity contribution >= 4 is 8.38 Å². The summed E-state index contributed by atoms with van der Waals surface area (Å²) in [6.45, 7) is 2.42. The summed E-state index contributed by atoms with van der Waals surface area (Å²) in [6, 6.07) is 1.28. The van der Waals surface area contributed by atoms with Gasteiger partial charge < -0.3 is 28.9 Å². The molecule has 0 amide bonds. The Hall–Kier alpha value is -1.09. The highest BCUT2D eigenvalue weighted by Crippen LogP contribution is 2.34. The van der Waals surface area contributed by atoms with E-state index in [9.17, 15) is 9.59 Å². The number of rotatable bonds is 24. The van der Waals surface area contributed by atoms with Crippen LogP contribution in [0, 0.1) is 5.92 Å². The molecule has 1 unspecified atom stereocenters. The molecule has 0 aromatic carbocycles. The number of aliphatic hydroxyl groups excluding tert-OH is 2. The Balaban J connectivity index is 0.000000499. The molecule has 1 aromatic heterocycles. The molecule has 10 heteroatoms. The molecule has 1 aromatic rings. The van der Waals surface area contributed by atoms with Gasteiger partial charge in [-0.1, -0.05) is 89.9 Å². The molecule has 0 saturated heterocycles. The molecule has 1 heterocycles. The van der Waals surface area contributed by atoms with Crippen molar-refractivity contribution in [1.29, 1.82) is 0 Å². The fraction of sp³-hybridized carbons (Fsp3) is 0.857. The minimum atomic E-state index is -1.62. The second-order valence-corrected chi connectivity index (χ2v) is 11.4. The van der Waals surface area contributed by atoms with Crippen molar-refractivity contribution in [2.75, 3.05) is 32.8 Å². The number of aromatic nitrogens is 2. The molecule has 1 saturated carbocycles. The quantitative estimate of drug-likeness (QED) is 0.103. The lowest BCUT2D eigenvalue weighted by molar-refractivity contribution is 0.115. The first-order valence-corrected chi connectivity index (χ1v) is 16.1. The number of nitrogens with zero attached hydrogens (tertiary/aromatic N) is 1. The zero-order chi connectivity index (χ0) is 27.7. The molecular formula is C28H53N2O7P. The molecule has 0 bridgehead atoms. The van der Waals surface area contributed by atoms with E-state index < -0.39 is 19.6 Å². The largest absolute Gasteiger partial charge is 0.396 e. The third kappa shape index (κ3) is 21.8. The van der Waals surface area contributed by atoms with Crippen molar-refractivity contribution in [3.05, 3.63) is 33.1 Å². The molecule has 9 nitrogen and oxygen atoms in total. The van der Waals surface area contributed by atoms with Gasteiger partial charge in [-0.25, -0.2) is 4.79 Å². The zero-order valence-electron chi connectivity index (χ0n) is 23.4. The number of aliphatic hydroxyl groups is 2. The highest BCUT2D eigenvalue weighted by atomic mass is 31.2. The van der Waals surface area contributed by atoms with Crippen LogP contribution in [0.4, 0.5) is 0 Å². The summed E-state index contributed by atoms with van der Waals surface area (Å²) in [4.78, 5) is 32.8. The number of H-pyrrole nitrogens is 1. The van der Waals surface area contributed by atoms with Gasteiger partial charge in [0.15, 0.2) is 8.38 Å². The van der Waals surface area contributed by atoms with Crippen LogP contribution in [0.5, 0.6) is 0 Å². The molecule has 0 radical (unpaired) electrons. The first-order chi connectivity index (χ1) is 18.6. The Morgan fingerprint density at radius 1 is 0.816 bits per heavy atom. The van der Waals surface area contributed by atoms with Crippen LogP contribution >= 0.6 is 8.38 Å². The fourth-order valence-electron chi connectivity index (χ4n) is 4.15. The topological polar surface area (TPSA) is 134 Å². The lowest BCUT2D eigenvalue weighted by Gasteiger charge is -2.08. The summed E-state index contributed by atoms with van der Waals surface area (Å²) in [5, 5.41) is 17.1. The summed E-state index contributed by atoms with van der Waals surface area (Å²) in [6.07, 6.45) is 23.6. The maximum Gasteiger partial charge on any atom is 0.328 e. The Morgan fingerprint density at radius 3 is 1.95 bits per heavy atom. The number of hydrogen-bond acceptors (Lipinski definition) is 7. The van der Waals surface area contributed by atoms with Gasteiger partial charge in [0.05, 0.1) is 6.61 Å². The molecule has 2 rings (SSSR count). The summed E-state index contributed by atoms with van der Waals surface area (Å²) < 4.78 is 11.9. The van der Waals surface area contributed by atoms with Gasteiger partial charge >= 0.3 is 5.69 Å². The van der Waals surface area contributed by atoms with E-state index in [2.05, 4.69) is 4.98 Å². The first kappa shape index (κ1) is 34.9. The average Bonchev–Trinajstić information content (AvgIpc) is 3.74. The van der Waals surface area contributed by atoms with E-state index >= 15 is 0 Å². The maximum absolute atomic E-state index is 11.0. The molecular weight excluding hydrogens is 507 g/mol. The Morgan fingerprint density at radius 2 is 1.39 bits per heavy atom. The first-order valence-electron chi connectivity index (χ1n) is 14.8. The van der Waals surface area contributed by atoms with E-state index in [1.165, 1.54) is 107 Å². The van der Waals surface area contributed by atoms with Gasteiger partial charge in [0, 0.05) is 38.6 Å². The van der Waals surface area contributed by atoms with E-state index in [0.717, 1.165) is 25.4 Å². The number of nitrogens with one attached hydrogen (secondary N) is 1. The number of unbranched alkanes of at least 4 members (excludes halogenated alkanes) is 11. The van der Waals surface area contributed by atoms with E-state index in [0.29, 0.717) is 26.2 Å². The van der Waals surface area contributed by atoms with Crippen molar-refractivity contribution in [2.24, 2.45) is 5.92 Å². The molecule has 4 N–H and O–H groups in total. The molecule has 38 heavy (non-hydrogen) atoms. The Labute approximate surface area is 229 Å². The number of ether oxygens (including phenoxy) is 1. The highest BCUT2D eigenvalue weighted by molar-refractivity contribution is 7.45. The van der Waals surface area contributed by atoms with Gasteiger partial charge in [0.2, 0.25) is 0 Å². The molecule has 1 fully saturated rings. The van der Waals surface area contributed by atoms with Gasteiger partial charge in [-0.2, -0.15) is 0 Å². The average molecular weight is 561 g/mol. The molecule has 1 aliphatic carbocycles. The van der Waals surface area contributed by atoms with Crippen molar-refractivity contribution in [3.63, 3.8) is 0 Å². The third-order valence-corrected chi connectivity index (χ3v) is 7.32. The monoisotopic (exact) mass is 560 g/mol. The summed E-state index contributed by atoms with van der Waals surface area (Å²) in [5.74, 6) is 1.12. The molecule has 0 spiro atoms. The normalized spacial score (nSPS) is 13.8. The molecule has 222 valence electrons. The summed E-state index contributed by atoms with van der Waals surface area (Å²) in [7, 11) is -1.62. The summed E-state index contributed by atoms with van der Waals surface area (Å²) >= 11 is 0. The van der Waals surface area contributed by atoms with Crippen LogP contribution in [0.2, 0.25) is 0 Å². The van der Waals surface area contributed by atoms with Crippen molar-refractivity contribution < 1.29 is 24.4 Å². The number of aryl methyl sites for hydroxylation is 1. The van der Waals surface area contributed by atoms with E-state index in [4.69, 9.17) is 24.4 Å². The minimum Gasteiger partial charge on any atom is -0.396 e. The van der Waals surface area contributed by atoms with Crippen LogP contribution in [0.25, 0.3) is 0 Å².